The molecule has 0 bridgehead atoms. The van der Waals surface area contributed by atoms with Crippen LogP contribution in [0.1, 0.15) is 11.5 Å². The van der Waals surface area contributed by atoms with E-state index in [9.17, 15) is 4.79 Å². The number of hydrogen-bond donors (Lipinski definition) is 1. The normalized spacial score (nSPS) is 10.9. The van der Waals surface area contributed by atoms with Crippen LogP contribution in [0, 0.1) is 6.92 Å². The minimum Gasteiger partial charge on any atom is -0.419 e. The first-order valence-corrected chi connectivity index (χ1v) is 8.93. The van der Waals surface area contributed by atoms with E-state index in [0.29, 0.717) is 18.3 Å². The van der Waals surface area contributed by atoms with Crippen molar-refractivity contribution in [2.24, 2.45) is 0 Å². The lowest BCUT2D eigenvalue weighted by Gasteiger charge is -2.14. The number of amides is 1. The largest absolute Gasteiger partial charge is 0.419 e. The monoisotopic (exact) mass is 414 g/mol. The number of aryl methyl sites for hydroxylation is 1. The SMILES string of the molecule is Cc1cccc(-c2nnc(CN(C)CC(=O)Nc3ccccc3Br)o2)c1. The zero-order valence-electron chi connectivity index (χ0n) is 14.6. The van der Waals surface area contributed by atoms with Crippen molar-refractivity contribution in [1.29, 1.82) is 0 Å². The number of anilines is 1. The summed E-state index contributed by atoms with van der Waals surface area (Å²) in [5.41, 5.74) is 2.76. The van der Waals surface area contributed by atoms with E-state index < -0.39 is 0 Å². The molecule has 1 N–H and O–H groups in total. The van der Waals surface area contributed by atoms with Crippen LogP contribution in [-0.2, 0) is 11.3 Å². The fourth-order valence-corrected chi connectivity index (χ4v) is 2.88. The smallest absolute Gasteiger partial charge is 0.247 e. The lowest BCUT2D eigenvalue weighted by atomic mass is 10.1. The number of nitrogens with zero attached hydrogens (tertiary/aromatic N) is 3. The fourth-order valence-electron chi connectivity index (χ4n) is 2.50. The lowest BCUT2D eigenvalue weighted by molar-refractivity contribution is -0.117. The molecule has 3 rings (SSSR count). The molecule has 0 spiro atoms. The average Bonchev–Trinajstić information content (AvgIpc) is 3.05. The maximum atomic E-state index is 12.2. The van der Waals surface area contributed by atoms with Gasteiger partial charge in [-0.05, 0) is 54.2 Å². The van der Waals surface area contributed by atoms with E-state index in [4.69, 9.17) is 4.42 Å². The molecule has 1 aromatic heterocycles. The summed E-state index contributed by atoms with van der Waals surface area (Å²) in [6.07, 6.45) is 0. The molecule has 6 nitrogen and oxygen atoms in total. The number of nitrogens with one attached hydrogen (secondary N) is 1. The minimum absolute atomic E-state index is 0.113. The van der Waals surface area contributed by atoms with Gasteiger partial charge in [-0.3, -0.25) is 9.69 Å². The summed E-state index contributed by atoms with van der Waals surface area (Å²) in [5, 5.41) is 11.0. The van der Waals surface area contributed by atoms with Crippen molar-refractivity contribution in [2.45, 2.75) is 13.5 Å². The molecule has 0 saturated heterocycles. The minimum atomic E-state index is -0.113. The van der Waals surface area contributed by atoms with Crippen molar-refractivity contribution in [3.8, 4) is 11.5 Å². The molecule has 0 radical (unpaired) electrons. The summed E-state index contributed by atoms with van der Waals surface area (Å²) in [6.45, 7) is 2.62. The Labute approximate surface area is 160 Å². The third-order valence-electron chi connectivity index (χ3n) is 3.70. The summed E-state index contributed by atoms with van der Waals surface area (Å²) in [7, 11) is 1.83. The molecule has 134 valence electrons. The van der Waals surface area contributed by atoms with Crippen LogP contribution in [0.25, 0.3) is 11.5 Å². The highest BCUT2D eigenvalue weighted by molar-refractivity contribution is 9.10. The van der Waals surface area contributed by atoms with E-state index in [1.165, 1.54) is 0 Å². The van der Waals surface area contributed by atoms with Gasteiger partial charge < -0.3 is 9.73 Å². The van der Waals surface area contributed by atoms with Crippen molar-refractivity contribution in [2.75, 3.05) is 18.9 Å². The first-order valence-electron chi connectivity index (χ1n) is 8.13. The number of halogens is 1. The molecule has 0 aliphatic rings. The van der Waals surface area contributed by atoms with Gasteiger partial charge in [-0.2, -0.15) is 0 Å². The molecule has 1 amide bonds. The van der Waals surface area contributed by atoms with Crippen LogP contribution >= 0.6 is 15.9 Å². The summed E-state index contributed by atoms with van der Waals surface area (Å²) in [5.74, 6) is 0.838. The quantitative estimate of drug-likeness (QED) is 0.662. The highest BCUT2D eigenvalue weighted by Crippen LogP contribution is 2.21. The molecule has 1 heterocycles. The van der Waals surface area contributed by atoms with Crippen LogP contribution in [0.5, 0.6) is 0 Å². The average molecular weight is 415 g/mol. The number of likely N-dealkylation sites (N-methyl/N-ethyl adjacent to an activating group) is 1. The maximum absolute atomic E-state index is 12.2. The van der Waals surface area contributed by atoms with Gasteiger partial charge in [0.15, 0.2) is 0 Å². The van der Waals surface area contributed by atoms with Gasteiger partial charge in [0.25, 0.3) is 0 Å². The van der Waals surface area contributed by atoms with Crippen LogP contribution in [0.3, 0.4) is 0 Å². The van der Waals surface area contributed by atoms with E-state index >= 15 is 0 Å². The highest BCUT2D eigenvalue weighted by atomic mass is 79.9. The van der Waals surface area contributed by atoms with E-state index in [1.54, 1.807) is 0 Å². The van der Waals surface area contributed by atoms with Crippen molar-refractivity contribution < 1.29 is 9.21 Å². The number of hydrogen-bond acceptors (Lipinski definition) is 5. The molecule has 2 aromatic carbocycles. The Morgan fingerprint density at radius 2 is 2.00 bits per heavy atom. The fraction of sp³-hybridized carbons (Fsp3) is 0.211. The number of carbonyl (C=O) groups is 1. The van der Waals surface area contributed by atoms with Gasteiger partial charge in [0.05, 0.1) is 18.8 Å². The van der Waals surface area contributed by atoms with Crippen molar-refractivity contribution in [1.82, 2.24) is 15.1 Å². The van der Waals surface area contributed by atoms with Crippen molar-refractivity contribution in [3.63, 3.8) is 0 Å². The number of aromatic nitrogens is 2. The molecule has 0 fully saturated rings. The van der Waals surface area contributed by atoms with Gasteiger partial charge in [0.1, 0.15) is 0 Å². The summed E-state index contributed by atoms with van der Waals surface area (Å²) in [6, 6.07) is 15.4. The molecule has 0 saturated carbocycles. The Kier molecular flexibility index (Phi) is 5.80. The Hall–Kier alpha value is -2.51. The first-order chi connectivity index (χ1) is 12.5. The van der Waals surface area contributed by atoms with Gasteiger partial charge in [-0.25, -0.2) is 0 Å². The van der Waals surface area contributed by atoms with Crippen LogP contribution < -0.4 is 5.32 Å². The van der Waals surface area contributed by atoms with Gasteiger partial charge in [0, 0.05) is 10.0 Å². The second kappa shape index (κ2) is 8.25. The highest BCUT2D eigenvalue weighted by Gasteiger charge is 2.13. The van der Waals surface area contributed by atoms with E-state index in [0.717, 1.165) is 21.3 Å². The molecule has 0 aliphatic carbocycles. The Morgan fingerprint density at radius 3 is 2.77 bits per heavy atom. The van der Waals surface area contributed by atoms with E-state index in [1.807, 2.05) is 67.4 Å². The second-order valence-electron chi connectivity index (χ2n) is 6.07. The standard InChI is InChI=1S/C19H19BrN4O2/c1-13-6-5-7-14(10-13)19-23-22-18(26-19)12-24(2)11-17(25)21-16-9-4-3-8-15(16)20/h3-10H,11-12H2,1-2H3,(H,21,25). The van der Waals surface area contributed by atoms with E-state index in [2.05, 4.69) is 31.4 Å². The summed E-state index contributed by atoms with van der Waals surface area (Å²) < 4.78 is 6.55. The van der Waals surface area contributed by atoms with Crippen LogP contribution in [0.2, 0.25) is 0 Å². The topological polar surface area (TPSA) is 71.3 Å². The molecule has 0 atom stereocenters. The summed E-state index contributed by atoms with van der Waals surface area (Å²) in [4.78, 5) is 14.0. The molecule has 0 aliphatic heterocycles. The van der Waals surface area contributed by atoms with Crippen LogP contribution in [-0.4, -0.2) is 34.6 Å². The third-order valence-corrected chi connectivity index (χ3v) is 4.39. The number of para-hydroxylation sites is 1. The van der Waals surface area contributed by atoms with Crippen LogP contribution in [0.4, 0.5) is 5.69 Å². The predicted octanol–water partition coefficient (Wildman–Crippen LogP) is 3.88. The first kappa shape index (κ1) is 18.3. The molecule has 26 heavy (non-hydrogen) atoms. The maximum Gasteiger partial charge on any atom is 0.247 e. The van der Waals surface area contributed by atoms with Gasteiger partial charge in [0.2, 0.25) is 17.7 Å². The van der Waals surface area contributed by atoms with Crippen molar-refractivity contribution in [3.05, 3.63) is 64.5 Å². The Balaban J connectivity index is 1.57. The Morgan fingerprint density at radius 1 is 1.19 bits per heavy atom. The zero-order valence-corrected chi connectivity index (χ0v) is 16.2. The summed E-state index contributed by atoms with van der Waals surface area (Å²) >= 11 is 3.41. The number of carbonyl (C=O) groups excluding carboxylic acids is 1. The Bertz CT molecular complexity index is 910. The number of rotatable bonds is 6. The van der Waals surface area contributed by atoms with E-state index in [-0.39, 0.29) is 12.5 Å². The third kappa shape index (κ3) is 4.77. The number of benzene rings is 2. The van der Waals surface area contributed by atoms with Gasteiger partial charge in [-0.15, -0.1) is 10.2 Å². The predicted molar refractivity (Wildman–Crippen MR) is 104 cm³/mol. The van der Waals surface area contributed by atoms with Crippen LogP contribution in [0.15, 0.2) is 57.4 Å². The molecule has 7 heteroatoms. The van der Waals surface area contributed by atoms with Gasteiger partial charge >= 0.3 is 0 Å². The van der Waals surface area contributed by atoms with Gasteiger partial charge in [-0.1, -0.05) is 29.8 Å². The molecular formula is C19H19BrN4O2. The molecular weight excluding hydrogens is 396 g/mol. The second-order valence-corrected chi connectivity index (χ2v) is 6.93. The molecule has 3 aromatic rings. The van der Waals surface area contributed by atoms with Crippen molar-refractivity contribution >= 4 is 27.5 Å². The molecule has 0 unspecified atom stereocenters. The zero-order chi connectivity index (χ0) is 18.5. The lowest BCUT2D eigenvalue weighted by Crippen LogP contribution is -2.30.